The molecule has 8 nitrogen and oxygen atoms in total. The number of nitrogens with one attached hydrogen (secondary N) is 1. The first-order valence-electron chi connectivity index (χ1n) is 9.69. The number of benzene rings is 3. The Morgan fingerprint density at radius 2 is 1.53 bits per heavy atom. The molecule has 1 aliphatic rings. The van der Waals surface area contributed by atoms with Crippen molar-refractivity contribution >= 4 is 28.2 Å². The topological polar surface area (TPSA) is 128 Å². The highest BCUT2D eigenvalue weighted by molar-refractivity contribution is 6.29. The summed E-state index contributed by atoms with van der Waals surface area (Å²) < 4.78 is 0. The number of fused-ring (bicyclic) bond motifs is 3. The van der Waals surface area contributed by atoms with Gasteiger partial charge in [0.25, 0.3) is 5.56 Å². The molecule has 0 saturated carbocycles. The van der Waals surface area contributed by atoms with Crippen molar-refractivity contribution in [3.8, 4) is 6.07 Å². The molecule has 3 aromatic carbocycles. The zero-order valence-corrected chi connectivity index (χ0v) is 16.4. The molecule has 0 aliphatic heterocycles. The fourth-order valence-corrected chi connectivity index (χ4v) is 3.71. The molecule has 0 amide bonds. The molecule has 5 rings (SSSR count). The lowest BCUT2D eigenvalue weighted by Crippen LogP contribution is -2.20. The average molecular weight is 419 g/mol. The first-order valence-corrected chi connectivity index (χ1v) is 9.69. The number of nitriles is 1. The van der Waals surface area contributed by atoms with Crippen molar-refractivity contribution in [2.45, 2.75) is 6.04 Å². The van der Waals surface area contributed by atoms with E-state index < -0.39 is 11.6 Å². The summed E-state index contributed by atoms with van der Waals surface area (Å²) in [6, 6.07) is 18.8. The van der Waals surface area contributed by atoms with Crippen molar-refractivity contribution in [1.82, 2.24) is 9.97 Å². The van der Waals surface area contributed by atoms with Crippen LogP contribution < -0.4 is 5.56 Å². The Labute approximate surface area is 180 Å². The van der Waals surface area contributed by atoms with Crippen molar-refractivity contribution in [2.24, 2.45) is 10.2 Å². The Kier molecular flexibility index (Phi) is 4.49. The number of ketones is 2. The van der Waals surface area contributed by atoms with Crippen molar-refractivity contribution in [2.75, 3.05) is 0 Å². The van der Waals surface area contributed by atoms with Gasteiger partial charge < -0.3 is 4.98 Å². The van der Waals surface area contributed by atoms with Crippen LogP contribution in [0.25, 0.3) is 10.9 Å². The number of aromatic amines is 1. The highest BCUT2D eigenvalue weighted by atomic mass is 16.1. The van der Waals surface area contributed by atoms with Gasteiger partial charge >= 0.3 is 0 Å². The molecular weight excluding hydrogens is 406 g/mol. The zero-order valence-electron chi connectivity index (χ0n) is 16.4. The maximum Gasteiger partial charge on any atom is 0.258 e. The fraction of sp³-hybridized carbons (Fsp3) is 0.0417. The molecule has 8 heteroatoms. The standard InChI is InChI=1S/C24H13N5O3/c25-12-19(23-26-17-10-4-3-8-15(17)24(32)27-23)29-28-18-11-5-9-16-20(18)22(31)14-7-2-1-6-13(14)21(16)30/h1-11,19H,(H,26,27,32). The minimum atomic E-state index is -1.20. The predicted molar refractivity (Wildman–Crippen MR) is 115 cm³/mol. The zero-order chi connectivity index (χ0) is 22.2. The number of nitrogens with zero attached hydrogens (tertiary/aromatic N) is 4. The van der Waals surface area contributed by atoms with E-state index in [1.54, 1.807) is 66.7 Å². The van der Waals surface area contributed by atoms with Crippen molar-refractivity contribution in [1.29, 1.82) is 5.26 Å². The van der Waals surface area contributed by atoms with E-state index in [0.717, 1.165) is 0 Å². The highest BCUT2D eigenvalue weighted by Crippen LogP contribution is 2.34. The lowest BCUT2D eigenvalue weighted by atomic mass is 9.83. The smallest absolute Gasteiger partial charge is 0.258 e. The molecule has 0 bridgehead atoms. The Hall–Kier alpha value is -4.77. The molecule has 0 radical (unpaired) electrons. The maximum absolute atomic E-state index is 13.1. The number of aromatic nitrogens is 2. The lowest BCUT2D eigenvalue weighted by Gasteiger charge is -2.18. The molecule has 1 heterocycles. The quantitative estimate of drug-likeness (QED) is 0.441. The third kappa shape index (κ3) is 3.00. The van der Waals surface area contributed by atoms with Gasteiger partial charge in [-0.25, -0.2) is 4.98 Å². The number of hydrogen-bond donors (Lipinski definition) is 1. The van der Waals surface area contributed by atoms with Crippen LogP contribution in [0, 0.1) is 11.3 Å². The maximum atomic E-state index is 13.1. The highest BCUT2D eigenvalue weighted by Gasteiger charge is 2.31. The van der Waals surface area contributed by atoms with Crippen LogP contribution in [0.4, 0.5) is 5.69 Å². The van der Waals surface area contributed by atoms with Gasteiger partial charge in [0.2, 0.25) is 6.04 Å². The molecule has 4 aromatic rings. The number of hydrogen-bond acceptors (Lipinski definition) is 7. The van der Waals surface area contributed by atoms with Gasteiger partial charge in [0.05, 0.1) is 28.2 Å². The molecule has 0 saturated heterocycles. The third-order valence-corrected chi connectivity index (χ3v) is 5.22. The first kappa shape index (κ1) is 19.2. The predicted octanol–water partition coefficient (Wildman–Crippen LogP) is 4.05. The summed E-state index contributed by atoms with van der Waals surface area (Å²) in [5.41, 5.74) is 1.20. The van der Waals surface area contributed by atoms with E-state index >= 15 is 0 Å². The van der Waals surface area contributed by atoms with Crippen LogP contribution in [-0.4, -0.2) is 21.5 Å². The van der Waals surface area contributed by atoms with Gasteiger partial charge in [0.1, 0.15) is 0 Å². The minimum absolute atomic E-state index is 0.0393. The largest absolute Gasteiger partial charge is 0.307 e. The summed E-state index contributed by atoms with van der Waals surface area (Å²) in [7, 11) is 0. The summed E-state index contributed by atoms with van der Waals surface area (Å²) in [6.07, 6.45) is 0. The molecule has 1 aliphatic carbocycles. The monoisotopic (exact) mass is 419 g/mol. The van der Waals surface area contributed by atoms with Crippen LogP contribution in [0.5, 0.6) is 0 Å². The number of rotatable bonds is 3. The summed E-state index contributed by atoms with van der Waals surface area (Å²) >= 11 is 0. The minimum Gasteiger partial charge on any atom is -0.307 e. The van der Waals surface area contributed by atoms with E-state index in [9.17, 15) is 19.6 Å². The SMILES string of the molecule is N#CC(N=Nc1cccc2c1C(=O)c1ccccc1C2=O)c1nc2ccccc2c(=O)[nH]1. The van der Waals surface area contributed by atoms with Crippen LogP contribution in [0.1, 0.15) is 43.7 Å². The van der Waals surface area contributed by atoms with Crippen molar-refractivity contribution < 1.29 is 9.59 Å². The van der Waals surface area contributed by atoms with Crippen LogP contribution in [0.3, 0.4) is 0 Å². The first-order chi connectivity index (χ1) is 15.6. The van der Waals surface area contributed by atoms with Crippen LogP contribution in [0.15, 0.2) is 81.8 Å². The van der Waals surface area contributed by atoms with E-state index in [4.69, 9.17) is 0 Å². The van der Waals surface area contributed by atoms with Crippen LogP contribution in [0.2, 0.25) is 0 Å². The van der Waals surface area contributed by atoms with E-state index in [2.05, 4.69) is 20.2 Å². The second-order valence-electron chi connectivity index (χ2n) is 7.12. The molecule has 0 spiro atoms. The molecule has 152 valence electrons. The molecule has 0 fully saturated rings. The lowest BCUT2D eigenvalue weighted by molar-refractivity contribution is 0.0979. The second-order valence-corrected chi connectivity index (χ2v) is 7.12. The van der Waals surface area contributed by atoms with Gasteiger partial charge in [0, 0.05) is 16.7 Å². The molecule has 32 heavy (non-hydrogen) atoms. The second kappa shape index (κ2) is 7.49. The van der Waals surface area contributed by atoms with E-state index in [-0.39, 0.29) is 34.2 Å². The number of para-hydroxylation sites is 1. The normalized spacial score (nSPS) is 13.6. The van der Waals surface area contributed by atoms with E-state index in [0.29, 0.717) is 22.0 Å². The van der Waals surface area contributed by atoms with Crippen LogP contribution >= 0.6 is 0 Å². The summed E-state index contributed by atoms with van der Waals surface area (Å²) in [4.78, 5) is 45.1. The van der Waals surface area contributed by atoms with Gasteiger partial charge in [-0.15, -0.1) is 0 Å². The van der Waals surface area contributed by atoms with Crippen LogP contribution in [-0.2, 0) is 0 Å². The number of H-pyrrole nitrogens is 1. The summed E-state index contributed by atoms with van der Waals surface area (Å²) in [5.74, 6) is -0.572. The van der Waals surface area contributed by atoms with Gasteiger partial charge in [-0.2, -0.15) is 15.5 Å². The van der Waals surface area contributed by atoms with E-state index in [1.807, 2.05) is 6.07 Å². The Balaban J connectivity index is 1.57. The van der Waals surface area contributed by atoms with Gasteiger partial charge in [0.15, 0.2) is 17.4 Å². The molecule has 1 N–H and O–H groups in total. The fourth-order valence-electron chi connectivity index (χ4n) is 3.71. The van der Waals surface area contributed by atoms with Crippen molar-refractivity contribution in [3.63, 3.8) is 0 Å². The van der Waals surface area contributed by atoms with Gasteiger partial charge in [-0.05, 0) is 18.2 Å². The Morgan fingerprint density at radius 3 is 2.31 bits per heavy atom. The van der Waals surface area contributed by atoms with E-state index in [1.165, 1.54) is 0 Å². The average Bonchev–Trinajstić information content (AvgIpc) is 2.83. The van der Waals surface area contributed by atoms with Crippen molar-refractivity contribution in [3.05, 3.63) is 105 Å². The molecule has 1 unspecified atom stereocenters. The summed E-state index contributed by atoms with van der Waals surface area (Å²) in [6.45, 7) is 0. The third-order valence-electron chi connectivity index (χ3n) is 5.22. The summed E-state index contributed by atoms with van der Waals surface area (Å²) in [5, 5.41) is 18.1. The molecule has 1 aromatic heterocycles. The number of carbonyl (C=O) groups is 2. The van der Waals surface area contributed by atoms with Gasteiger partial charge in [-0.3, -0.25) is 14.4 Å². The Morgan fingerprint density at radius 1 is 0.844 bits per heavy atom. The van der Waals surface area contributed by atoms with Gasteiger partial charge in [-0.1, -0.05) is 48.5 Å². The Bertz CT molecular complexity index is 1560. The molecular formula is C24H13N5O3. The number of carbonyl (C=O) groups excluding carboxylic acids is 2. The molecule has 1 atom stereocenters. The number of azo groups is 1.